The van der Waals surface area contributed by atoms with Gasteiger partial charge in [-0.1, -0.05) is 40.6 Å². The SMILES string of the molecule is CSc1cccc2sc(NC(=O)c3ccc(Cl)cc3Cl)nc12. The van der Waals surface area contributed by atoms with Gasteiger partial charge in [0.15, 0.2) is 5.13 Å². The quantitative estimate of drug-likeness (QED) is 0.613. The summed E-state index contributed by atoms with van der Waals surface area (Å²) in [6, 6.07) is 10.7. The Morgan fingerprint density at radius 3 is 2.82 bits per heavy atom. The van der Waals surface area contributed by atoms with Crippen LogP contribution in [0, 0.1) is 0 Å². The smallest absolute Gasteiger partial charge is 0.258 e. The highest BCUT2D eigenvalue weighted by Gasteiger charge is 2.14. The van der Waals surface area contributed by atoms with E-state index in [9.17, 15) is 4.79 Å². The van der Waals surface area contributed by atoms with Crippen LogP contribution in [0.5, 0.6) is 0 Å². The van der Waals surface area contributed by atoms with Gasteiger partial charge in [0.25, 0.3) is 5.91 Å². The molecule has 3 rings (SSSR count). The first kappa shape index (κ1) is 15.6. The third-order valence-electron chi connectivity index (χ3n) is 3.00. The van der Waals surface area contributed by atoms with Crippen molar-refractivity contribution in [3.63, 3.8) is 0 Å². The molecule has 22 heavy (non-hydrogen) atoms. The van der Waals surface area contributed by atoms with Gasteiger partial charge in [-0.15, -0.1) is 11.8 Å². The molecule has 0 fully saturated rings. The van der Waals surface area contributed by atoms with Crippen LogP contribution < -0.4 is 5.32 Å². The van der Waals surface area contributed by atoms with E-state index in [1.54, 1.807) is 30.0 Å². The van der Waals surface area contributed by atoms with Crippen LogP contribution in [-0.2, 0) is 0 Å². The number of carbonyl (C=O) groups excluding carboxylic acids is 1. The third kappa shape index (κ3) is 3.08. The van der Waals surface area contributed by atoms with E-state index in [0.29, 0.717) is 20.7 Å². The van der Waals surface area contributed by atoms with Crippen LogP contribution in [0.1, 0.15) is 10.4 Å². The summed E-state index contributed by atoms with van der Waals surface area (Å²) in [4.78, 5) is 17.9. The number of nitrogens with one attached hydrogen (secondary N) is 1. The molecular weight excluding hydrogens is 359 g/mol. The van der Waals surface area contributed by atoms with Crippen LogP contribution in [-0.4, -0.2) is 17.1 Å². The topological polar surface area (TPSA) is 42.0 Å². The maximum atomic E-state index is 12.3. The molecule has 0 spiro atoms. The van der Waals surface area contributed by atoms with E-state index in [-0.39, 0.29) is 5.91 Å². The minimum atomic E-state index is -0.300. The lowest BCUT2D eigenvalue weighted by Gasteiger charge is -2.04. The van der Waals surface area contributed by atoms with Crippen molar-refractivity contribution in [3.05, 3.63) is 52.0 Å². The van der Waals surface area contributed by atoms with Crippen LogP contribution in [0.15, 0.2) is 41.3 Å². The third-order valence-corrected chi connectivity index (χ3v) is 5.25. The molecular formula is C15H10Cl2N2OS2. The van der Waals surface area contributed by atoms with Gasteiger partial charge in [-0.3, -0.25) is 10.1 Å². The fourth-order valence-electron chi connectivity index (χ4n) is 1.98. The van der Waals surface area contributed by atoms with Crippen LogP contribution in [0.25, 0.3) is 10.2 Å². The standard InChI is InChI=1S/C15H10Cl2N2OS2/c1-21-11-3-2-4-12-13(11)18-15(22-12)19-14(20)9-6-5-8(16)7-10(9)17/h2-7H,1H3,(H,18,19,20). The number of hydrogen-bond donors (Lipinski definition) is 1. The number of halogens is 2. The van der Waals surface area contributed by atoms with Gasteiger partial charge in [-0.25, -0.2) is 4.98 Å². The van der Waals surface area contributed by atoms with Crippen molar-refractivity contribution >= 4 is 67.6 Å². The monoisotopic (exact) mass is 368 g/mol. The Labute approximate surface area is 145 Å². The Hall–Kier alpha value is -1.27. The molecule has 1 amide bonds. The van der Waals surface area contributed by atoms with E-state index in [1.165, 1.54) is 11.3 Å². The Balaban J connectivity index is 1.91. The molecule has 0 saturated heterocycles. The number of rotatable bonds is 3. The highest BCUT2D eigenvalue weighted by atomic mass is 35.5. The fourth-order valence-corrected chi connectivity index (χ4v) is 3.99. The van der Waals surface area contributed by atoms with Crippen molar-refractivity contribution in [2.24, 2.45) is 0 Å². The van der Waals surface area contributed by atoms with E-state index in [0.717, 1.165) is 15.1 Å². The molecule has 3 aromatic rings. The van der Waals surface area contributed by atoms with Crippen molar-refractivity contribution < 1.29 is 4.79 Å². The minimum Gasteiger partial charge on any atom is -0.298 e. The predicted molar refractivity (Wildman–Crippen MR) is 95.8 cm³/mol. The predicted octanol–water partition coefficient (Wildman–Crippen LogP) is 5.58. The van der Waals surface area contributed by atoms with E-state index in [2.05, 4.69) is 10.3 Å². The lowest BCUT2D eigenvalue weighted by atomic mass is 10.2. The van der Waals surface area contributed by atoms with Gasteiger partial charge >= 0.3 is 0 Å². The highest BCUT2D eigenvalue weighted by Crippen LogP contribution is 2.32. The van der Waals surface area contributed by atoms with Crippen molar-refractivity contribution in [1.29, 1.82) is 0 Å². The molecule has 0 aliphatic carbocycles. The van der Waals surface area contributed by atoms with E-state index < -0.39 is 0 Å². The van der Waals surface area contributed by atoms with Gasteiger partial charge < -0.3 is 0 Å². The lowest BCUT2D eigenvalue weighted by Crippen LogP contribution is -2.12. The van der Waals surface area contributed by atoms with E-state index >= 15 is 0 Å². The number of thiazole rings is 1. The van der Waals surface area contributed by atoms with E-state index in [1.807, 2.05) is 24.5 Å². The zero-order valence-corrected chi connectivity index (χ0v) is 14.5. The van der Waals surface area contributed by atoms with Gasteiger partial charge in [-0.05, 0) is 36.6 Å². The van der Waals surface area contributed by atoms with Crippen LogP contribution in [0.2, 0.25) is 10.0 Å². The van der Waals surface area contributed by atoms with Crippen LogP contribution in [0.4, 0.5) is 5.13 Å². The molecule has 1 N–H and O–H groups in total. The number of fused-ring (bicyclic) bond motifs is 1. The van der Waals surface area contributed by atoms with Gasteiger partial charge in [0.05, 0.1) is 20.8 Å². The number of benzene rings is 2. The molecule has 0 unspecified atom stereocenters. The molecule has 0 saturated carbocycles. The summed E-state index contributed by atoms with van der Waals surface area (Å²) in [5, 5.41) is 4.15. The van der Waals surface area contributed by atoms with E-state index in [4.69, 9.17) is 23.2 Å². The fraction of sp³-hybridized carbons (Fsp3) is 0.0667. The van der Waals surface area contributed by atoms with Crippen molar-refractivity contribution in [2.75, 3.05) is 11.6 Å². The Bertz CT molecular complexity index is 864. The van der Waals surface area contributed by atoms with Gasteiger partial charge in [0.2, 0.25) is 0 Å². The van der Waals surface area contributed by atoms with Gasteiger partial charge in [-0.2, -0.15) is 0 Å². The summed E-state index contributed by atoms with van der Waals surface area (Å²) in [7, 11) is 0. The minimum absolute atomic E-state index is 0.300. The van der Waals surface area contributed by atoms with Crippen molar-refractivity contribution in [2.45, 2.75) is 4.90 Å². The summed E-state index contributed by atoms with van der Waals surface area (Å²) >= 11 is 15.0. The summed E-state index contributed by atoms with van der Waals surface area (Å²) < 4.78 is 1.03. The molecule has 3 nitrogen and oxygen atoms in total. The number of hydrogen-bond acceptors (Lipinski definition) is 4. The molecule has 2 aromatic carbocycles. The first-order valence-electron chi connectivity index (χ1n) is 6.28. The summed E-state index contributed by atoms with van der Waals surface area (Å²) in [5.74, 6) is -0.300. The normalized spacial score (nSPS) is 10.9. The molecule has 7 heteroatoms. The summed E-state index contributed by atoms with van der Waals surface area (Å²) in [5.41, 5.74) is 1.27. The largest absolute Gasteiger partial charge is 0.298 e. The molecule has 1 heterocycles. The molecule has 1 aromatic heterocycles. The molecule has 0 aliphatic heterocycles. The lowest BCUT2D eigenvalue weighted by molar-refractivity contribution is 0.102. The Morgan fingerprint density at radius 2 is 2.09 bits per heavy atom. The molecule has 0 bridgehead atoms. The van der Waals surface area contributed by atoms with Gasteiger partial charge in [0.1, 0.15) is 0 Å². The zero-order valence-electron chi connectivity index (χ0n) is 11.4. The maximum absolute atomic E-state index is 12.3. The van der Waals surface area contributed by atoms with Crippen LogP contribution in [0.3, 0.4) is 0 Å². The first-order valence-corrected chi connectivity index (χ1v) is 9.08. The van der Waals surface area contributed by atoms with Crippen LogP contribution >= 0.6 is 46.3 Å². The molecule has 0 radical (unpaired) electrons. The second kappa shape index (κ2) is 6.46. The summed E-state index contributed by atoms with van der Waals surface area (Å²) in [6.45, 7) is 0. The highest BCUT2D eigenvalue weighted by molar-refractivity contribution is 7.98. The number of carbonyl (C=O) groups is 1. The Morgan fingerprint density at radius 1 is 1.27 bits per heavy atom. The van der Waals surface area contributed by atoms with Crippen molar-refractivity contribution in [1.82, 2.24) is 4.98 Å². The number of amides is 1. The first-order chi connectivity index (χ1) is 10.6. The zero-order chi connectivity index (χ0) is 15.7. The summed E-state index contributed by atoms with van der Waals surface area (Å²) in [6.07, 6.45) is 2.00. The second-order valence-corrected chi connectivity index (χ2v) is 7.13. The maximum Gasteiger partial charge on any atom is 0.258 e. The van der Waals surface area contributed by atoms with Crippen molar-refractivity contribution in [3.8, 4) is 0 Å². The second-order valence-electron chi connectivity index (χ2n) is 4.40. The molecule has 0 aliphatic rings. The molecule has 112 valence electrons. The number of aromatic nitrogens is 1. The number of nitrogens with zero attached hydrogens (tertiary/aromatic N) is 1. The molecule has 0 atom stereocenters. The number of anilines is 1. The Kier molecular flexibility index (Phi) is 4.59. The number of para-hydroxylation sites is 1. The average molecular weight is 369 g/mol. The number of thioether (sulfide) groups is 1. The average Bonchev–Trinajstić information content (AvgIpc) is 2.89. The van der Waals surface area contributed by atoms with Gasteiger partial charge in [0, 0.05) is 9.92 Å².